The van der Waals surface area contributed by atoms with Crippen LogP contribution in [0.5, 0.6) is 5.75 Å². The second kappa shape index (κ2) is 8.16. The fourth-order valence-corrected chi connectivity index (χ4v) is 4.71. The molecular weight excluding hydrogens is 384 g/mol. The van der Waals surface area contributed by atoms with Crippen LogP contribution < -0.4 is 20.6 Å². The molecule has 1 aliphatic rings. The highest BCUT2D eigenvalue weighted by Gasteiger charge is 2.12. The number of aromatic amines is 3. The normalized spacial score (nSPS) is 19.0. The van der Waals surface area contributed by atoms with Gasteiger partial charge in [-0.2, -0.15) is 0 Å². The maximum Gasteiger partial charge on any atom is 0.144 e. The summed E-state index contributed by atoms with van der Waals surface area (Å²) in [5.41, 5.74) is 4.62. The highest BCUT2D eigenvalue weighted by atomic mass is 16.5. The van der Waals surface area contributed by atoms with Gasteiger partial charge in [0.05, 0.1) is 23.2 Å². The molecule has 1 fully saturated rings. The van der Waals surface area contributed by atoms with E-state index in [1.54, 1.807) is 7.11 Å². The molecule has 0 aliphatic carbocycles. The Morgan fingerprint density at radius 1 is 1.10 bits per heavy atom. The first-order valence-corrected chi connectivity index (χ1v) is 11.1. The molecule has 1 atom stereocenters. The minimum absolute atomic E-state index is 0.572. The topological polar surface area (TPSA) is 68.6 Å². The van der Waals surface area contributed by atoms with Gasteiger partial charge in [-0.1, -0.05) is 24.3 Å². The predicted octanol–water partition coefficient (Wildman–Crippen LogP) is 3.49. The molecule has 1 unspecified atom stereocenters. The van der Waals surface area contributed by atoms with Gasteiger partial charge in [-0.3, -0.25) is 0 Å². The number of methoxy groups -OCH3 is 1. The van der Waals surface area contributed by atoms with Gasteiger partial charge < -0.3 is 25.0 Å². The fraction of sp³-hybridized carbons (Fsp3) is 0.308. The molecule has 0 bridgehead atoms. The van der Waals surface area contributed by atoms with E-state index in [2.05, 4.69) is 82.7 Å². The molecule has 4 heterocycles. The van der Waals surface area contributed by atoms with Crippen LogP contribution in [0.3, 0.4) is 0 Å². The van der Waals surface area contributed by atoms with Crippen LogP contribution in [0.4, 0.5) is 0 Å². The van der Waals surface area contributed by atoms with Gasteiger partial charge in [0.1, 0.15) is 5.75 Å². The van der Waals surface area contributed by atoms with Gasteiger partial charge >= 0.3 is 0 Å². The van der Waals surface area contributed by atoms with Gasteiger partial charge in [-0.25, -0.2) is 0 Å². The van der Waals surface area contributed by atoms with E-state index in [9.17, 15) is 0 Å². The lowest BCUT2D eigenvalue weighted by molar-refractivity contribution is 0.412. The second-order valence-corrected chi connectivity index (χ2v) is 8.55. The molecule has 4 N–H and O–H groups in total. The third-order valence-electron chi connectivity index (χ3n) is 6.29. The first-order valence-electron chi connectivity index (χ1n) is 11.1. The van der Waals surface area contributed by atoms with Crippen molar-refractivity contribution in [3.05, 3.63) is 74.6 Å². The number of hydrogen-bond donors (Lipinski definition) is 4. The summed E-state index contributed by atoms with van der Waals surface area (Å²) in [6.07, 6.45) is 8.06. The van der Waals surface area contributed by atoms with Crippen molar-refractivity contribution in [3.8, 4) is 5.75 Å². The number of H-pyrrole nitrogens is 3. The van der Waals surface area contributed by atoms with E-state index in [0.29, 0.717) is 6.04 Å². The number of nitrogens with one attached hydrogen (secondary N) is 4. The largest absolute Gasteiger partial charge is 0.494 e. The van der Waals surface area contributed by atoms with Crippen molar-refractivity contribution in [2.45, 2.75) is 39.2 Å². The van der Waals surface area contributed by atoms with Crippen molar-refractivity contribution >= 4 is 23.1 Å². The van der Waals surface area contributed by atoms with Crippen molar-refractivity contribution in [3.63, 3.8) is 0 Å². The second-order valence-electron chi connectivity index (χ2n) is 8.55. The number of ether oxygens (including phenoxy) is 1. The van der Waals surface area contributed by atoms with Crippen LogP contribution in [0.1, 0.15) is 36.2 Å². The molecule has 5 rings (SSSR count). The number of rotatable bonds is 4. The SMILES string of the molecule is COc1c/c(=c2/[nH]c3ccccc3c2=CCC2CCCN2)[nH]c1=Cc1[nH]c(C)cc1C. The number of fused-ring (bicyclic) bond motifs is 1. The number of benzene rings is 1. The highest BCUT2D eigenvalue weighted by Crippen LogP contribution is 2.13. The summed E-state index contributed by atoms with van der Waals surface area (Å²) in [5, 5.41) is 9.22. The lowest BCUT2D eigenvalue weighted by Crippen LogP contribution is -2.20. The lowest BCUT2D eigenvalue weighted by Gasteiger charge is -2.04. The molecule has 1 aliphatic heterocycles. The predicted molar refractivity (Wildman–Crippen MR) is 127 cm³/mol. The fourth-order valence-electron chi connectivity index (χ4n) is 4.71. The minimum atomic E-state index is 0.572. The molecule has 0 saturated carbocycles. The lowest BCUT2D eigenvalue weighted by atomic mass is 10.1. The monoisotopic (exact) mass is 414 g/mol. The third kappa shape index (κ3) is 3.81. The zero-order valence-corrected chi connectivity index (χ0v) is 18.4. The van der Waals surface area contributed by atoms with Gasteiger partial charge in [0, 0.05) is 39.6 Å². The first kappa shape index (κ1) is 19.8. The van der Waals surface area contributed by atoms with E-state index in [4.69, 9.17) is 4.74 Å². The Hall–Kier alpha value is -3.18. The average molecular weight is 415 g/mol. The average Bonchev–Trinajstić information content (AvgIpc) is 3.53. The van der Waals surface area contributed by atoms with Crippen molar-refractivity contribution in [2.75, 3.05) is 13.7 Å². The number of para-hydroxylation sites is 1. The van der Waals surface area contributed by atoms with Crippen LogP contribution in [-0.2, 0) is 0 Å². The van der Waals surface area contributed by atoms with Crippen LogP contribution in [0.15, 0.2) is 36.4 Å². The summed E-state index contributed by atoms with van der Waals surface area (Å²) >= 11 is 0. The molecule has 0 spiro atoms. The van der Waals surface area contributed by atoms with Gasteiger partial charge in [0.25, 0.3) is 0 Å². The Bertz CT molecular complexity index is 1430. The minimum Gasteiger partial charge on any atom is -0.494 e. The highest BCUT2D eigenvalue weighted by molar-refractivity contribution is 5.80. The van der Waals surface area contributed by atoms with Crippen molar-refractivity contribution in [1.82, 2.24) is 20.3 Å². The van der Waals surface area contributed by atoms with Gasteiger partial charge in [-0.05, 0) is 63.4 Å². The van der Waals surface area contributed by atoms with Crippen molar-refractivity contribution in [2.24, 2.45) is 0 Å². The number of aromatic nitrogens is 3. The molecule has 5 heteroatoms. The van der Waals surface area contributed by atoms with Gasteiger partial charge in [0.2, 0.25) is 0 Å². The zero-order valence-electron chi connectivity index (χ0n) is 18.4. The number of aryl methyl sites for hydroxylation is 2. The van der Waals surface area contributed by atoms with E-state index < -0.39 is 0 Å². The van der Waals surface area contributed by atoms with E-state index in [1.165, 1.54) is 29.0 Å². The molecule has 1 aromatic carbocycles. The molecule has 3 aromatic heterocycles. The summed E-state index contributed by atoms with van der Waals surface area (Å²) in [7, 11) is 1.72. The summed E-state index contributed by atoms with van der Waals surface area (Å²) in [6, 6.07) is 13.3. The molecule has 4 aromatic rings. The molecule has 0 radical (unpaired) electrons. The van der Waals surface area contributed by atoms with Crippen LogP contribution in [0.25, 0.3) is 23.1 Å². The summed E-state index contributed by atoms with van der Waals surface area (Å²) in [6.45, 7) is 5.32. The van der Waals surface area contributed by atoms with Gasteiger partial charge in [-0.15, -0.1) is 0 Å². The Morgan fingerprint density at radius 3 is 2.71 bits per heavy atom. The summed E-state index contributed by atoms with van der Waals surface area (Å²) < 4.78 is 5.71. The third-order valence-corrected chi connectivity index (χ3v) is 6.29. The van der Waals surface area contributed by atoms with Crippen molar-refractivity contribution in [1.29, 1.82) is 0 Å². The smallest absolute Gasteiger partial charge is 0.144 e. The van der Waals surface area contributed by atoms with Crippen molar-refractivity contribution < 1.29 is 4.74 Å². The van der Waals surface area contributed by atoms with Gasteiger partial charge in [0.15, 0.2) is 0 Å². The Balaban J connectivity index is 1.75. The van der Waals surface area contributed by atoms with E-state index in [1.807, 2.05) is 0 Å². The van der Waals surface area contributed by atoms with Crippen LogP contribution in [-0.4, -0.2) is 34.6 Å². The van der Waals surface area contributed by atoms with Crippen LogP contribution in [0.2, 0.25) is 0 Å². The van der Waals surface area contributed by atoms with E-state index in [-0.39, 0.29) is 0 Å². The Kier molecular flexibility index (Phi) is 5.20. The first-order chi connectivity index (χ1) is 15.1. The molecule has 0 amide bonds. The van der Waals surface area contributed by atoms with Crippen LogP contribution >= 0.6 is 0 Å². The molecule has 1 saturated heterocycles. The molecule has 160 valence electrons. The standard InChI is InChI=1S/C26H30N4O/c1-16-13-17(2)28-22(16)14-23-25(31-3)15-24(29-23)26-20(11-10-18-7-6-12-27-18)19-8-4-5-9-21(19)30-26/h4-5,8-9,11,13-15,18,27-30H,6-7,10,12H2,1-3H3/b20-11?,23-14?,26-24-. The maximum atomic E-state index is 5.71. The molecule has 31 heavy (non-hydrogen) atoms. The Morgan fingerprint density at radius 2 is 1.97 bits per heavy atom. The number of hydrogen-bond acceptors (Lipinski definition) is 2. The maximum absolute atomic E-state index is 5.71. The van der Waals surface area contributed by atoms with E-state index in [0.717, 1.165) is 51.7 Å². The summed E-state index contributed by atoms with van der Waals surface area (Å²) in [5.74, 6) is 0.837. The van der Waals surface area contributed by atoms with Crippen LogP contribution in [0, 0.1) is 24.5 Å². The van der Waals surface area contributed by atoms with E-state index >= 15 is 0 Å². The Labute approximate surface area is 181 Å². The quantitative estimate of drug-likeness (QED) is 0.413. The zero-order chi connectivity index (χ0) is 21.4. The molecule has 5 nitrogen and oxygen atoms in total. The summed E-state index contributed by atoms with van der Waals surface area (Å²) in [4.78, 5) is 10.7. The molecular formula is C26H30N4O.